The molecule has 0 heterocycles. The van der Waals surface area contributed by atoms with Crippen molar-refractivity contribution in [2.75, 3.05) is 0 Å². The maximum Gasteiger partial charge on any atom is 0.00671 e. The molecule has 1 unspecified atom stereocenters. The van der Waals surface area contributed by atoms with Crippen LogP contribution < -0.4 is 5.73 Å². The number of rotatable bonds is 12. The standard InChI is InChI=1S/C16H35N/c1-4-7-8-9-10-11-14-16(17)15(12-5-2)13-6-3/h15-16H,4-14,17H2,1-3H3. The lowest BCUT2D eigenvalue weighted by molar-refractivity contribution is 0.339. The van der Waals surface area contributed by atoms with Gasteiger partial charge in [0.15, 0.2) is 0 Å². The van der Waals surface area contributed by atoms with Gasteiger partial charge in [0.1, 0.15) is 0 Å². The Bertz CT molecular complexity index is 138. The Labute approximate surface area is 110 Å². The Balaban J connectivity index is 3.55. The highest BCUT2D eigenvalue weighted by atomic mass is 14.6. The minimum absolute atomic E-state index is 0.459. The van der Waals surface area contributed by atoms with Gasteiger partial charge in [0.25, 0.3) is 0 Å². The van der Waals surface area contributed by atoms with Crippen LogP contribution in [0.3, 0.4) is 0 Å². The van der Waals surface area contributed by atoms with Crippen molar-refractivity contribution in [3.63, 3.8) is 0 Å². The zero-order valence-electron chi connectivity index (χ0n) is 12.5. The Morgan fingerprint density at radius 2 is 1.18 bits per heavy atom. The Morgan fingerprint density at radius 3 is 1.71 bits per heavy atom. The molecule has 1 atom stereocenters. The van der Waals surface area contributed by atoms with Crippen LogP contribution in [0, 0.1) is 5.92 Å². The lowest BCUT2D eigenvalue weighted by atomic mass is 9.88. The van der Waals surface area contributed by atoms with E-state index in [1.807, 2.05) is 0 Å². The SMILES string of the molecule is CCCCCCCCC(N)C(CCC)CCC. The summed E-state index contributed by atoms with van der Waals surface area (Å²) in [5.41, 5.74) is 6.33. The maximum atomic E-state index is 6.33. The molecule has 0 amide bonds. The number of unbranched alkanes of at least 4 members (excludes halogenated alkanes) is 5. The van der Waals surface area contributed by atoms with Crippen LogP contribution in [0.25, 0.3) is 0 Å². The third-order valence-corrected chi connectivity index (χ3v) is 3.82. The first-order valence-corrected chi connectivity index (χ1v) is 8.01. The van der Waals surface area contributed by atoms with Crippen LogP contribution in [0.15, 0.2) is 0 Å². The van der Waals surface area contributed by atoms with Gasteiger partial charge in [-0.15, -0.1) is 0 Å². The number of hydrogen-bond donors (Lipinski definition) is 1. The normalized spacial score (nSPS) is 13.2. The second-order valence-electron chi connectivity index (χ2n) is 5.56. The summed E-state index contributed by atoms with van der Waals surface area (Å²) in [5, 5.41) is 0. The van der Waals surface area contributed by atoms with Crippen molar-refractivity contribution in [2.24, 2.45) is 11.7 Å². The first-order chi connectivity index (χ1) is 8.26. The van der Waals surface area contributed by atoms with E-state index in [-0.39, 0.29) is 0 Å². The van der Waals surface area contributed by atoms with Crippen LogP contribution >= 0.6 is 0 Å². The van der Waals surface area contributed by atoms with Crippen molar-refractivity contribution in [1.82, 2.24) is 0 Å². The fourth-order valence-electron chi connectivity index (χ4n) is 2.71. The van der Waals surface area contributed by atoms with Crippen molar-refractivity contribution >= 4 is 0 Å². The summed E-state index contributed by atoms with van der Waals surface area (Å²) in [4.78, 5) is 0. The van der Waals surface area contributed by atoms with Crippen LogP contribution in [0.1, 0.15) is 91.4 Å². The third-order valence-electron chi connectivity index (χ3n) is 3.82. The van der Waals surface area contributed by atoms with Crippen LogP contribution in [0.2, 0.25) is 0 Å². The molecule has 0 aliphatic heterocycles. The van der Waals surface area contributed by atoms with Crippen LogP contribution in [-0.2, 0) is 0 Å². The number of hydrogen-bond acceptors (Lipinski definition) is 1. The van der Waals surface area contributed by atoms with E-state index >= 15 is 0 Å². The summed E-state index contributed by atoms with van der Waals surface area (Å²) in [6.07, 6.45) is 14.8. The van der Waals surface area contributed by atoms with Gasteiger partial charge in [-0.3, -0.25) is 0 Å². The van der Waals surface area contributed by atoms with Gasteiger partial charge in [-0.25, -0.2) is 0 Å². The largest absolute Gasteiger partial charge is 0.327 e. The molecule has 1 heteroatoms. The highest BCUT2D eigenvalue weighted by molar-refractivity contribution is 4.72. The summed E-state index contributed by atoms with van der Waals surface area (Å²) >= 11 is 0. The fourth-order valence-corrected chi connectivity index (χ4v) is 2.71. The van der Waals surface area contributed by atoms with E-state index in [1.165, 1.54) is 70.6 Å². The first-order valence-electron chi connectivity index (χ1n) is 8.01. The molecule has 0 radical (unpaired) electrons. The van der Waals surface area contributed by atoms with Crippen LogP contribution in [-0.4, -0.2) is 6.04 Å². The van der Waals surface area contributed by atoms with Gasteiger partial charge in [0.2, 0.25) is 0 Å². The summed E-state index contributed by atoms with van der Waals surface area (Å²) < 4.78 is 0. The molecule has 0 saturated heterocycles. The molecule has 1 nitrogen and oxygen atoms in total. The van der Waals surface area contributed by atoms with Crippen molar-refractivity contribution < 1.29 is 0 Å². The third kappa shape index (κ3) is 9.64. The van der Waals surface area contributed by atoms with E-state index in [0.29, 0.717) is 6.04 Å². The molecule has 0 bridgehead atoms. The van der Waals surface area contributed by atoms with Gasteiger partial charge in [-0.1, -0.05) is 72.1 Å². The fraction of sp³-hybridized carbons (Fsp3) is 1.00. The number of nitrogens with two attached hydrogens (primary N) is 1. The average Bonchev–Trinajstić information content (AvgIpc) is 2.33. The quantitative estimate of drug-likeness (QED) is 0.462. The summed E-state index contributed by atoms with van der Waals surface area (Å²) in [6, 6.07) is 0.459. The Kier molecular flexibility index (Phi) is 12.4. The molecule has 104 valence electrons. The minimum atomic E-state index is 0.459. The summed E-state index contributed by atoms with van der Waals surface area (Å²) in [6.45, 7) is 6.83. The Morgan fingerprint density at radius 1 is 0.647 bits per heavy atom. The van der Waals surface area contributed by atoms with E-state index in [9.17, 15) is 0 Å². The smallest absolute Gasteiger partial charge is 0.00671 e. The molecule has 0 spiro atoms. The van der Waals surface area contributed by atoms with E-state index in [1.54, 1.807) is 0 Å². The van der Waals surface area contributed by atoms with Gasteiger partial charge >= 0.3 is 0 Å². The van der Waals surface area contributed by atoms with Crippen LogP contribution in [0.5, 0.6) is 0 Å². The van der Waals surface area contributed by atoms with Crippen molar-refractivity contribution in [2.45, 2.75) is 97.4 Å². The monoisotopic (exact) mass is 241 g/mol. The van der Waals surface area contributed by atoms with Crippen molar-refractivity contribution in [3.05, 3.63) is 0 Å². The van der Waals surface area contributed by atoms with Crippen molar-refractivity contribution in [3.8, 4) is 0 Å². The first kappa shape index (κ1) is 17.0. The van der Waals surface area contributed by atoms with Gasteiger partial charge in [-0.05, 0) is 25.2 Å². The molecular weight excluding hydrogens is 206 g/mol. The summed E-state index contributed by atoms with van der Waals surface area (Å²) in [5.74, 6) is 0.778. The predicted molar refractivity (Wildman–Crippen MR) is 79.3 cm³/mol. The van der Waals surface area contributed by atoms with E-state index < -0.39 is 0 Å². The minimum Gasteiger partial charge on any atom is -0.327 e. The molecule has 17 heavy (non-hydrogen) atoms. The predicted octanol–water partition coefficient (Wildman–Crippen LogP) is 5.28. The van der Waals surface area contributed by atoms with E-state index in [2.05, 4.69) is 20.8 Å². The van der Waals surface area contributed by atoms with E-state index in [4.69, 9.17) is 5.73 Å². The second-order valence-corrected chi connectivity index (χ2v) is 5.56. The molecule has 0 aromatic heterocycles. The molecule has 0 aliphatic rings. The molecule has 0 aliphatic carbocycles. The highest BCUT2D eigenvalue weighted by Crippen LogP contribution is 2.20. The second kappa shape index (κ2) is 12.4. The van der Waals surface area contributed by atoms with Gasteiger partial charge < -0.3 is 5.73 Å². The highest BCUT2D eigenvalue weighted by Gasteiger charge is 2.15. The molecule has 0 aromatic rings. The van der Waals surface area contributed by atoms with Gasteiger partial charge in [0.05, 0.1) is 0 Å². The molecular formula is C16H35N. The molecule has 0 aromatic carbocycles. The molecule has 2 N–H and O–H groups in total. The average molecular weight is 241 g/mol. The van der Waals surface area contributed by atoms with Crippen molar-refractivity contribution in [1.29, 1.82) is 0 Å². The zero-order valence-corrected chi connectivity index (χ0v) is 12.5. The molecule has 0 fully saturated rings. The van der Waals surface area contributed by atoms with Gasteiger partial charge in [0, 0.05) is 6.04 Å². The van der Waals surface area contributed by atoms with Gasteiger partial charge in [-0.2, -0.15) is 0 Å². The van der Waals surface area contributed by atoms with Crippen LogP contribution in [0.4, 0.5) is 0 Å². The topological polar surface area (TPSA) is 26.0 Å². The zero-order chi connectivity index (χ0) is 12.9. The Hall–Kier alpha value is -0.0400. The summed E-state index contributed by atoms with van der Waals surface area (Å²) in [7, 11) is 0. The molecule has 0 saturated carbocycles. The maximum absolute atomic E-state index is 6.33. The lowest BCUT2D eigenvalue weighted by Crippen LogP contribution is -2.30. The lowest BCUT2D eigenvalue weighted by Gasteiger charge is -2.23. The van der Waals surface area contributed by atoms with E-state index in [0.717, 1.165) is 5.92 Å². The molecule has 0 rings (SSSR count).